The molecule has 2 heterocycles. The van der Waals surface area contributed by atoms with E-state index in [0.717, 1.165) is 18.3 Å². The maximum atomic E-state index is 14.3. The number of benzene rings is 2. The molecule has 2 aromatic carbocycles. The van der Waals surface area contributed by atoms with Crippen molar-refractivity contribution in [2.45, 2.75) is 0 Å². The lowest BCUT2D eigenvalue weighted by Gasteiger charge is -2.12. The van der Waals surface area contributed by atoms with Crippen LogP contribution in [0.15, 0.2) is 48.8 Å². The molecule has 0 amide bonds. The van der Waals surface area contributed by atoms with E-state index in [1.807, 2.05) is 26.0 Å². The van der Waals surface area contributed by atoms with Gasteiger partial charge in [0.2, 0.25) is 5.95 Å². The van der Waals surface area contributed by atoms with E-state index in [4.69, 9.17) is 9.47 Å². The van der Waals surface area contributed by atoms with Crippen LogP contribution >= 0.6 is 0 Å². The summed E-state index contributed by atoms with van der Waals surface area (Å²) < 4.78 is 51.6. The molecular weight excluding hydrogens is 461 g/mol. The Hall–Kier alpha value is -4.12. The maximum Gasteiger partial charge on any atom is 0.229 e. The molecule has 0 radical (unpaired) electrons. The lowest BCUT2D eigenvalue weighted by atomic mass is 10.2. The van der Waals surface area contributed by atoms with Crippen LogP contribution in [-0.4, -0.2) is 55.2 Å². The molecule has 8 nitrogen and oxygen atoms in total. The molecule has 188 valence electrons. The molecule has 0 saturated carbocycles. The van der Waals surface area contributed by atoms with Gasteiger partial charge in [-0.05, 0) is 45.4 Å². The number of rotatable bonds is 6. The van der Waals surface area contributed by atoms with E-state index >= 15 is 0 Å². The van der Waals surface area contributed by atoms with Crippen molar-refractivity contribution < 1.29 is 25.5 Å². The quantitative estimate of drug-likeness (QED) is 0.361. The van der Waals surface area contributed by atoms with E-state index in [0.29, 0.717) is 28.3 Å². The molecule has 0 aliphatic carbocycles. The van der Waals surface area contributed by atoms with Crippen LogP contribution in [0.1, 0.15) is 2.85 Å². The second-order valence-electron chi connectivity index (χ2n) is 7.73. The van der Waals surface area contributed by atoms with Crippen LogP contribution in [0, 0.1) is 17.5 Å². The van der Waals surface area contributed by atoms with Crippen LogP contribution in [0.4, 0.5) is 36.3 Å². The van der Waals surface area contributed by atoms with Crippen LogP contribution < -0.4 is 20.1 Å². The van der Waals surface area contributed by atoms with Crippen molar-refractivity contribution in [1.82, 2.24) is 19.9 Å². The Labute approximate surface area is 203 Å². The van der Waals surface area contributed by atoms with Crippen LogP contribution in [-0.2, 0) is 0 Å². The summed E-state index contributed by atoms with van der Waals surface area (Å²) in [5.74, 6) is -1.65. The van der Waals surface area contributed by atoms with Crippen molar-refractivity contribution >= 4 is 34.0 Å². The van der Waals surface area contributed by atoms with E-state index in [2.05, 4.69) is 25.6 Å². The number of ether oxygens (including phenoxy) is 2. The summed E-state index contributed by atoms with van der Waals surface area (Å²) in [5.41, 5.74) is 1.21. The molecule has 0 aliphatic rings. The summed E-state index contributed by atoms with van der Waals surface area (Å²) in [6.45, 7) is 0. The van der Waals surface area contributed by atoms with Gasteiger partial charge in [-0.3, -0.25) is 4.98 Å². The van der Waals surface area contributed by atoms with Gasteiger partial charge in [-0.1, -0.05) is 0 Å². The molecule has 35 heavy (non-hydrogen) atoms. The van der Waals surface area contributed by atoms with Crippen molar-refractivity contribution in [3.05, 3.63) is 66.2 Å². The largest absolute Gasteiger partial charge is 0.493 e. The summed E-state index contributed by atoms with van der Waals surface area (Å²) in [6.07, 6.45) is 2.37. The van der Waals surface area contributed by atoms with Crippen molar-refractivity contribution in [2.75, 3.05) is 46.0 Å². The fourth-order valence-electron chi connectivity index (χ4n) is 2.89. The molecular formula is C24H29F3N6O2. The van der Waals surface area contributed by atoms with E-state index in [1.165, 1.54) is 26.5 Å². The van der Waals surface area contributed by atoms with Crippen LogP contribution in [0.3, 0.4) is 0 Å². The second kappa shape index (κ2) is 11.3. The van der Waals surface area contributed by atoms with Gasteiger partial charge >= 0.3 is 0 Å². The van der Waals surface area contributed by atoms with Crippen LogP contribution in [0.25, 0.3) is 10.9 Å². The van der Waals surface area contributed by atoms with Gasteiger partial charge in [0.05, 0.1) is 37.8 Å². The third-order valence-electron chi connectivity index (χ3n) is 4.37. The minimum absolute atomic E-state index is 0. The number of halogens is 3. The average molecular weight is 491 g/mol. The Bertz CT molecular complexity index is 1330. The number of methoxy groups -OCH3 is 2. The Morgan fingerprint density at radius 3 is 2.14 bits per heavy atom. The van der Waals surface area contributed by atoms with Crippen LogP contribution in [0.5, 0.6) is 11.5 Å². The third-order valence-corrected chi connectivity index (χ3v) is 4.37. The van der Waals surface area contributed by atoms with Gasteiger partial charge in [-0.25, -0.2) is 18.2 Å². The summed E-state index contributed by atoms with van der Waals surface area (Å²) >= 11 is 0. The molecule has 0 fully saturated rings. The summed E-state index contributed by atoms with van der Waals surface area (Å²) in [4.78, 5) is 14.1. The van der Waals surface area contributed by atoms with Crippen molar-refractivity contribution in [1.29, 1.82) is 0 Å². The molecule has 0 saturated heterocycles. The average Bonchev–Trinajstić information content (AvgIpc) is 2.81. The van der Waals surface area contributed by atoms with Crippen molar-refractivity contribution in [2.24, 2.45) is 0 Å². The number of nitrogens with one attached hydrogen (secondary N) is 2. The van der Waals surface area contributed by atoms with E-state index in [1.54, 1.807) is 18.2 Å². The van der Waals surface area contributed by atoms with Gasteiger partial charge in [0.15, 0.2) is 34.8 Å². The number of fused-ring (bicyclic) bond motifs is 1. The molecule has 0 spiro atoms. The molecule has 0 bridgehead atoms. The Morgan fingerprint density at radius 2 is 1.46 bits per heavy atom. The highest BCUT2D eigenvalue weighted by atomic mass is 19.2. The third kappa shape index (κ3) is 6.70. The number of hydrogen-bond donors (Lipinski definition) is 2. The molecule has 2 aromatic heterocycles. The number of anilines is 4. The molecule has 4 rings (SSSR count). The van der Waals surface area contributed by atoms with Gasteiger partial charge in [-0.15, -0.1) is 0 Å². The standard InChI is InChI=1S/C21H16F3N5O2.C3H9N.2H2/c1-30-18-4-3-12(7-19(18)31-2)28-21-26-10-16(24)20(29-21)27-13-5-11-6-14(22)15(23)8-17(11)25-9-13;1-4(2)3;;/h3-10H,1-2H3,(H2,26,27,28,29);1-3H3;2*1H. The lowest BCUT2D eigenvalue weighted by Crippen LogP contribution is -2.04. The first-order valence-corrected chi connectivity index (χ1v) is 10.3. The van der Waals surface area contributed by atoms with Gasteiger partial charge in [-0.2, -0.15) is 4.98 Å². The Balaban J connectivity index is 0.00000107. The maximum absolute atomic E-state index is 14.3. The molecule has 2 N–H and O–H groups in total. The van der Waals surface area contributed by atoms with E-state index < -0.39 is 17.5 Å². The van der Waals surface area contributed by atoms with Crippen molar-refractivity contribution in [3.8, 4) is 11.5 Å². The topological polar surface area (TPSA) is 84.4 Å². The monoisotopic (exact) mass is 490 g/mol. The van der Waals surface area contributed by atoms with E-state index in [-0.39, 0.29) is 20.1 Å². The number of pyridine rings is 1. The zero-order valence-electron chi connectivity index (χ0n) is 19.9. The molecule has 0 aliphatic heterocycles. The van der Waals surface area contributed by atoms with Crippen LogP contribution in [0.2, 0.25) is 0 Å². The molecule has 4 aromatic rings. The number of hydrogen-bond acceptors (Lipinski definition) is 8. The highest BCUT2D eigenvalue weighted by Gasteiger charge is 2.11. The Kier molecular flexibility index (Phi) is 8.26. The first kappa shape index (κ1) is 25.5. The smallest absolute Gasteiger partial charge is 0.229 e. The minimum Gasteiger partial charge on any atom is -0.493 e. The summed E-state index contributed by atoms with van der Waals surface area (Å²) in [5, 5.41) is 6.08. The predicted octanol–water partition coefficient (Wildman–Crippen LogP) is 5.62. The highest BCUT2D eigenvalue weighted by Crippen LogP contribution is 2.31. The number of aromatic nitrogens is 3. The van der Waals surface area contributed by atoms with Crippen molar-refractivity contribution in [3.63, 3.8) is 0 Å². The van der Waals surface area contributed by atoms with Gasteiger partial charge < -0.3 is 25.0 Å². The zero-order chi connectivity index (χ0) is 25.5. The summed E-state index contributed by atoms with van der Waals surface area (Å²) in [6, 6.07) is 8.62. The fraction of sp³-hybridized carbons (Fsp3) is 0.208. The van der Waals surface area contributed by atoms with Gasteiger partial charge in [0.25, 0.3) is 0 Å². The SMILES string of the molecule is CN(C)C.COc1ccc(Nc2ncc(F)c(Nc3cnc4cc(F)c(F)cc4c3)n2)cc1OC.[HH].[HH]. The van der Waals surface area contributed by atoms with Gasteiger partial charge in [0, 0.05) is 26.1 Å². The number of nitrogens with zero attached hydrogens (tertiary/aromatic N) is 4. The first-order valence-electron chi connectivity index (χ1n) is 10.3. The molecule has 0 unspecified atom stereocenters. The lowest BCUT2D eigenvalue weighted by molar-refractivity contribution is 0.355. The van der Waals surface area contributed by atoms with E-state index in [9.17, 15) is 13.2 Å². The minimum atomic E-state index is -0.999. The first-order chi connectivity index (χ1) is 16.7. The fourth-order valence-corrected chi connectivity index (χ4v) is 2.89. The molecule has 0 atom stereocenters. The Morgan fingerprint density at radius 1 is 0.771 bits per heavy atom. The molecule has 11 heteroatoms. The normalized spacial score (nSPS) is 10.5. The second-order valence-corrected chi connectivity index (χ2v) is 7.73. The zero-order valence-corrected chi connectivity index (χ0v) is 19.9. The predicted molar refractivity (Wildman–Crippen MR) is 134 cm³/mol. The summed E-state index contributed by atoms with van der Waals surface area (Å²) in [7, 11) is 9.04. The highest BCUT2D eigenvalue weighted by molar-refractivity contribution is 5.82. The van der Waals surface area contributed by atoms with Gasteiger partial charge in [0.1, 0.15) is 0 Å².